The van der Waals surface area contributed by atoms with E-state index in [0.29, 0.717) is 5.56 Å². The molecule has 1 heterocycles. The standard InChI is InChI=1S/C14H16N2O5/c15-13(19)9-6-12(18)16(7-9)11(14(20)21)5-8-1-3-10(17)4-2-8/h1-4,9,11,17H,5-7H2,(H2,15,19)(H,20,21). The van der Waals surface area contributed by atoms with Gasteiger partial charge in [0.1, 0.15) is 11.8 Å². The summed E-state index contributed by atoms with van der Waals surface area (Å²) < 4.78 is 0. The second kappa shape index (κ2) is 5.82. The SMILES string of the molecule is NC(=O)C1CC(=O)N(C(Cc2ccc(O)cc2)C(=O)O)C1. The highest BCUT2D eigenvalue weighted by Gasteiger charge is 2.39. The molecule has 2 amide bonds. The number of amides is 2. The van der Waals surface area contributed by atoms with Gasteiger partial charge in [0.25, 0.3) is 0 Å². The Morgan fingerprint density at radius 2 is 1.95 bits per heavy atom. The number of likely N-dealkylation sites (tertiary alicyclic amines) is 1. The minimum absolute atomic E-state index is 0.0310. The molecule has 1 aliphatic heterocycles. The number of hydrogen-bond donors (Lipinski definition) is 3. The average molecular weight is 292 g/mol. The van der Waals surface area contributed by atoms with E-state index in [2.05, 4.69) is 0 Å². The third-order valence-corrected chi connectivity index (χ3v) is 3.59. The van der Waals surface area contributed by atoms with Gasteiger partial charge in [0.2, 0.25) is 11.8 Å². The fourth-order valence-corrected chi connectivity index (χ4v) is 2.41. The quantitative estimate of drug-likeness (QED) is 0.689. The number of carbonyl (C=O) groups is 3. The summed E-state index contributed by atoms with van der Waals surface area (Å²) in [5, 5.41) is 18.5. The Hall–Kier alpha value is -2.57. The number of nitrogens with two attached hydrogens (primary N) is 1. The van der Waals surface area contributed by atoms with E-state index >= 15 is 0 Å². The van der Waals surface area contributed by atoms with Crippen molar-refractivity contribution in [3.8, 4) is 5.75 Å². The van der Waals surface area contributed by atoms with Crippen molar-refractivity contribution in [3.05, 3.63) is 29.8 Å². The van der Waals surface area contributed by atoms with Crippen molar-refractivity contribution in [2.75, 3.05) is 6.54 Å². The number of phenols is 1. The lowest BCUT2D eigenvalue weighted by Crippen LogP contribution is -2.44. The number of nitrogens with zero attached hydrogens (tertiary/aromatic N) is 1. The number of carboxylic acid groups (broad SMARTS) is 1. The number of phenolic OH excluding ortho intramolecular Hbond substituents is 1. The van der Waals surface area contributed by atoms with Gasteiger partial charge in [-0.1, -0.05) is 12.1 Å². The van der Waals surface area contributed by atoms with Crippen LogP contribution in [0.1, 0.15) is 12.0 Å². The molecule has 1 saturated heterocycles. The van der Waals surface area contributed by atoms with Crippen LogP contribution in [-0.4, -0.2) is 45.5 Å². The molecule has 4 N–H and O–H groups in total. The Morgan fingerprint density at radius 1 is 1.33 bits per heavy atom. The van der Waals surface area contributed by atoms with E-state index in [1.54, 1.807) is 12.1 Å². The molecule has 2 unspecified atom stereocenters. The summed E-state index contributed by atoms with van der Waals surface area (Å²) in [7, 11) is 0. The number of benzene rings is 1. The molecule has 1 aromatic carbocycles. The van der Waals surface area contributed by atoms with Gasteiger partial charge < -0.3 is 20.8 Å². The zero-order valence-corrected chi connectivity index (χ0v) is 11.2. The summed E-state index contributed by atoms with van der Waals surface area (Å²) in [5.74, 6) is -2.68. The van der Waals surface area contributed by atoms with Crippen molar-refractivity contribution in [2.24, 2.45) is 11.7 Å². The Balaban J connectivity index is 2.16. The third-order valence-electron chi connectivity index (χ3n) is 3.59. The second-order valence-corrected chi connectivity index (χ2v) is 5.07. The number of aromatic hydroxyl groups is 1. The summed E-state index contributed by atoms with van der Waals surface area (Å²) in [6.07, 6.45) is 0.0571. The number of aliphatic carboxylic acids is 1. The fraction of sp³-hybridized carbons (Fsp3) is 0.357. The van der Waals surface area contributed by atoms with Crippen LogP contribution in [0, 0.1) is 5.92 Å². The van der Waals surface area contributed by atoms with E-state index in [9.17, 15) is 24.6 Å². The number of rotatable bonds is 5. The van der Waals surface area contributed by atoms with Crippen molar-refractivity contribution in [3.63, 3.8) is 0 Å². The Labute approximate surface area is 121 Å². The van der Waals surface area contributed by atoms with E-state index in [4.69, 9.17) is 5.73 Å². The van der Waals surface area contributed by atoms with Gasteiger partial charge in [0, 0.05) is 19.4 Å². The molecule has 0 radical (unpaired) electrons. The Morgan fingerprint density at radius 3 is 2.43 bits per heavy atom. The highest BCUT2D eigenvalue weighted by Crippen LogP contribution is 2.22. The van der Waals surface area contributed by atoms with Gasteiger partial charge in [-0.15, -0.1) is 0 Å². The lowest BCUT2D eigenvalue weighted by Gasteiger charge is -2.24. The molecule has 0 spiro atoms. The van der Waals surface area contributed by atoms with Gasteiger partial charge in [0.05, 0.1) is 5.92 Å². The first-order chi connectivity index (χ1) is 9.88. The second-order valence-electron chi connectivity index (χ2n) is 5.07. The summed E-state index contributed by atoms with van der Waals surface area (Å²) >= 11 is 0. The maximum Gasteiger partial charge on any atom is 0.326 e. The van der Waals surface area contributed by atoms with Crippen LogP contribution in [0.25, 0.3) is 0 Å². The largest absolute Gasteiger partial charge is 0.508 e. The number of carboxylic acids is 1. The van der Waals surface area contributed by atoms with Crippen molar-refractivity contribution in [1.29, 1.82) is 0 Å². The van der Waals surface area contributed by atoms with E-state index < -0.39 is 23.8 Å². The van der Waals surface area contributed by atoms with E-state index in [1.807, 2.05) is 0 Å². The Bertz CT molecular complexity index is 569. The van der Waals surface area contributed by atoms with Crippen molar-refractivity contribution < 1.29 is 24.6 Å². The molecule has 0 bridgehead atoms. The van der Waals surface area contributed by atoms with Gasteiger partial charge >= 0.3 is 5.97 Å². The zero-order chi connectivity index (χ0) is 15.6. The van der Waals surface area contributed by atoms with Crippen LogP contribution in [0.4, 0.5) is 0 Å². The molecule has 0 saturated carbocycles. The molecule has 7 heteroatoms. The maximum atomic E-state index is 11.9. The van der Waals surface area contributed by atoms with Gasteiger partial charge in [-0.05, 0) is 17.7 Å². The summed E-state index contributed by atoms with van der Waals surface area (Å²) in [6, 6.07) is 5.04. The predicted octanol–water partition coefficient (Wildman–Crippen LogP) is -0.278. The molecule has 1 aliphatic rings. The molecule has 1 fully saturated rings. The maximum absolute atomic E-state index is 11.9. The number of hydrogen-bond acceptors (Lipinski definition) is 4. The monoisotopic (exact) mass is 292 g/mol. The first-order valence-corrected chi connectivity index (χ1v) is 6.48. The first kappa shape index (κ1) is 14.8. The third kappa shape index (κ3) is 3.31. The van der Waals surface area contributed by atoms with E-state index in [0.717, 1.165) is 0 Å². The molecule has 2 rings (SSSR count). The van der Waals surface area contributed by atoms with E-state index in [-0.39, 0.29) is 31.0 Å². The molecule has 112 valence electrons. The smallest absolute Gasteiger partial charge is 0.326 e. The van der Waals surface area contributed by atoms with Gasteiger partial charge in [-0.3, -0.25) is 9.59 Å². The van der Waals surface area contributed by atoms with Crippen LogP contribution in [0.2, 0.25) is 0 Å². The van der Waals surface area contributed by atoms with Gasteiger partial charge in [-0.2, -0.15) is 0 Å². The van der Waals surface area contributed by atoms with Crippen LogP contribution < -0.4 is 5.73 Å². The zero-order valence-electron chi connectivity index (χ0n) is 11.2. The van der Waals surface area contributed by atoms with Crippen LogP contribution in [0.3, 0.4) is 0 Å². The molecule has 2 atom stereocenters. The van der Waals surface area contributed by atoms with E-state index in [1.165, 1.54) is 17.0 Å². The molecule has 21 heavy (non-hydrogen) atoms. The highest BCUT2D eigenvalue weighted by atomic mass is 16.4. The topological polar surface area (TPSA) is 121 Å². The van der Waals surface area contributed by atoms with Crippen LogP contribution in [-0.2, 0) is 20.8 Å². The Kier molecular flexibility index (Phi) is 4.11. The minimum atomic E-state index is -1.14. The summed E-state index contributed by atoms with van der Waals surface area (Å²) in [4.78, 5) is 35.6. The van der Waals surface area contributed by atoms with Crippen molar-refractivity contribution in [1.82, 2.24) is 4.90 Å². The predicted molar refractivity (Wildman–Crippen MR) is 72.2 cm³/mol. The van der Waals surface area contributed by atoms with Crippen molar-refractivity contribution >= 4 is 17.8 Å². The molecule has 7 nitrogen and oxygen atoms in total. The summed E-state index contributed by atoms with van der Waals surface area (Å²) in [5.41, 5.74) is 5.85. The first-order valence-electron chi connectivity index (χ1n) is 6.48. The fourth-order valence-electron chi connectivity index (χ4n) is 2.41. The molecular weight excluding hydrogens is 276 g/mol. The number of carbonyl (C=O) groups excluding carboxylic acids is 2. The molecular formula is C14H16N2O5. The van der Waals surface area contributed by atoms with Crippen molar-refractivity contribution in [2.45, 2.75) is 18.9 Å². The normalized spacial score (nSPS) is 19.5. The average Bonchev–Trinajstić information content (AvgIpc) is 2.80. The lowest BCUT2D eigenvalue weighted by atomic mass is 10.0. The minimum Gasteiger partial charge on any atom is -0.508 e. The van der Waals surface area contributed by atoms with Crippen LogP contribution in [0.5, 0.6) is 5.75 Å². The number of primary amides is 1. The molecule has 1 aromatic rings. The highest BCUT2D eigenvalue weighted by molar-refractivity contribution is 5.91. The van der Waals surface area contributed by atoms with Gasteiger partial charge in [-0.25, -0.2) is 4.79 Å². The summed E-state index contributed by atoms with van der Waals surface area (Å²) in [6.45, 7) is 0.0310. The molecule has 0 aromatic heterocycles. The van der Waals surface area contributed by atoms with Crippen LogP contribution in [0.15, 0.2) is 24.3 Å². The van der Waals surface area contributed by atoms with Gasteiger partial charge in [0.15, 0.2) is 0 Å². The van der Waals surface area contributed by atoms with Crippen LogP contribution >= 0.6 is 0 Å². The molecule has 0 aliphatic carbocycles. The lowest BCUT2D eigenvalue weighted by molar-refractivity contribution is -0.148.